The third kappa shape index (κ3) is 5.92. The van der Waals surface area contributed by atoms with Gasteiger partial charge in [0.1, 0.15) is 6.04 Å². The van der Waals surface area contributed by atoms with Gasteiger partial charge in [-0.05, 0) is 26.8 Å². The Morgan fingerprint density at radius 2 is 2.25 bits per heavy atom. The van der Waals surface area contributed by atoms with Gasteiger partial charge in [0, 0.05) is 15.6 Å². The van der Waals surface area contributed by atoms with E-state index in [0.717, 1.165) is 0 Å². The summed E-state index contributed by atoms with van der Waals surface area (Å²) in [4.78, 5) is 11.3. The highest BCUT2D eigenvalue weighted by Crippen LogP contribution is 2.45. The van der Waals surface area contributed by atoms with E-state index in [0.29, 0.717) is 19.6 Å². The van der Waals surface area contributed by atoms with Gasteiger partial charge in [-0.3, -0.25) is 9.36 Å². The lowest BCUT2D eigenvalue weighted by Crippen LogP contribution is -2.34. The van der Waals surface area contributed by atoms with Crippen LogP contribution in [0, 0.1) is 0 Å². The molecule has 0 aliphatic rings. The Kier molecular flexibility index (Phi) is 8.16. The predicted octanol–water partition coefficient (Wildman–Crippen LogP) is 0.876. The molecule has 0 aliphatic heterocycles. The van der Waals surface area contributed by atoms with Crippen LogP contribution in [0.5, 0.6) is 0 Å². The van der Waals surface area contributed by atoms with E-state index < -0.39 is 19.5 Å². The maximum Gasteiger partial charge on any atom is 0.323 e. The first-order chi connectivity index (χ1) is 7.49. The molecular weight excluding hydrogens is 250 g/mol. The molecule has 96 valence electrons. The molecule has 16 heavy (non-hydrogen) atoms. The van der Waals surface area contributed by atoms with Crippen LogP contribution >= 0.6 is 17.0 Å². The van der Waals surface area contributed by atoms with Gasteiger partial charge in [0.25, 0.3) is 7.52 Å². The monoisotopic (exact) mass is 270 g/mol. The molecular formula is C8H20N2O4P2. The molecule has 0 aromatic carbocycles. The van der Waals surface area contributed by atoms with Gasteiger partial charge in [0.2, 0.25) is 0 Å². The summed E-state index contributed by atoms with van der Waals surface area (Å²) in [6.45, 7) is 4.01. The van der Waals surface area contributed by atoms with Crippen LogP contribution in [0.15, 0.2) is 0 Å². The maximum absolute atomic E-state index is 12.0. The summed E-state index contributed by atoms with van der Waals surface area (Å²) in [5.41, 5.74) is 5.33. The fourth-order valence-corrected chi connectivity index (χ4v) is 3.15. The molecule has 3 N–H and O–H groups in total. The molecule has 0 amide bonds. The highest BCUT2D eigenvalue weighted by molar-refractivity contribution is 7.60. The van der Waals surface area contributed by atoms with Crippen molar-refractivity contribution in [2.75, 3.05) is 19.3 Å². The standard InChI is InChI=1S/C8H20N2O4P2/c1-3-13-8(11)7(2)10-16(12,14-15)6-4-5-9/h7H,3-6,9,15H2,1-2H3,(H,10,12)/t7-,16?/m1/s1. The second kappa shape index (κ2) is 8.15. The van der Waals surface area contributed by atoms with Gasteiger partial charge in [-0.25, -0.2) is 5.09 Å². The lowest BCUT2D eigenvalue weighted by Gasteiger charge is -2.20. The first-order valence-corrected chi connectivity index (χ1v) is 7.39. The summed E-state index contributed by atoms with van der Waals surface area (Å²) in [5.74, 6) is -0.447. The molecule has 0 bridgehead atoms. The Morgan fingerprint density at radius 3 is 2.69 bits per heavy atom. The van der Waals surface area contributed by atoms with Crippen molar-refractivity contribution in [2.45, 2.75) is 26.3 Å². The van der Waals surface area contributed by atoms with Crippen LogP contribution in [-0.4, -0.2) is 31.3 Å². The zero-order valence-electron chi connectivity index (χ0n) is 9.64. The van der Waals surface area contributed by atoms with Gasteiger partial charge in [0.05, 0.1) is 6.61 Å². The second-order valence-corrected chi connectivity index (χ2v) is 6.14. The Balaban J connectivity index is 4.29. The van der Waals surface area contributed by atoms with Crippen LogP contribution in [0.2, 0.25) is 0 Å². The van der Waals surface area contributed by atoms with Crippen molar-refractivity contribution in [1.29, 1.82) is 0 Å². The van der Waals surface area contributed by atoms with Gasteiger partial charge in [0.15, 0.2) is 0 Å². The summed E-state index contributed by atoms with van der Waals surface area (Å²) in [7, 11) is -1.07. The first-order valence-electron chi connectivity index (χ1n) is 5.11. The molecule has 8 heteroatoms. The van der Waals surface area contributed by atoms with Crippen molar-refractivity contribution in [2.24, 2.45) is 5.73 Å². The van der Waals surface area contributed by atoms with E-state index in [-0.39, 0.29) is 6.16 Å². The Labute approximate surface area is 98.4 Å². The molecule has 0 fully saturated rings. The van der Waals surface area contributed by atoms with E-state index in [4.69, 9.17) is 14.8 Å². The molecule has 0 aliphatic carbocycles. The number of carbonyl (C=O) groups is 1. The highest BCUT2D eigenvalue weighted by atomic mass is 31.2. The average Bonchev–Trinajstić information content (AvgIpc) is 2.26. The highest BCUT2D eigenvalue weighted by Gasteiger charge is 2.27. The van der Waals surface area contributed by atoms with E-state index in [1.54, 1.807) is 13.8 Å². The van der Waals surface area contributed by atoms with E-state index >= 15 is 0 Å². The molecule has 0 saturated heterocycles. The molecule has 0 heterocycles. The molecule has 0 aromatic rings. The number of hydrogen-bond donors (Lipinski definition) is 2. The van der Waals surface area contributed by atoms with Crippen LogP contribution in [0.3, 0.4) is 0 Å². The third-order valence-electron chi connectivity index (χ3n) is 1.86. The lowest BCUT2D eigenvalue weighted by atomic mass is 10.4. The Hall–Kier alpha value is 0.01000. The topological polar surface area (TPSA) is 90.7 Å². The van der Waals surface area contributed by atoms with Crippen LogP contribution in [-0.2, 0) is 18.4 Å². The number of nitrogens with one attached hydrogen (secondary N) is 1. The number of esters is 1. The molecule has 0 radical (unpaired) electrons. The Morgan fingerprint density at radius 1 is 1.62 bits per heavy atom. The van der Waals surface area contributed by atoms with Crippen molar-refractivity contribution >= 4 is 23.0 Å². The molecule has 0 rings (SSSR count). The van der Waals surface area contributed by atoms with E-state index in [9.17, 15) is 9.36 Å². The van der Waals surface area contributed by atoms with Gasteiger partial charge >= 0.3 is 5.97 Å². The zero-order chi connectivity index (χ0) is 12.6. The summed E-state index contributed by atoms with van der Waals surface area (Å²) in [5, 5.41) is 2.64. The number of nitrogens with two attached hydrogens (primary N) is 1. The van der Waals surface area contributed by atoms with Gasteiger partial charge in [-0.1, -0.05) is 0 Å². The van der Waals surface area contributed by atoms with Crippen molar-refractivity contribution < 1.29 is 18.4 Å². The fraction of sp³-hybridized carbons (Fsp3) is 0.875. The number of hydrogen-bond acceptors (Lipinski definition) is 5. The van der Waals surface area contributed by atoms with E-state index in [1.807, 2.05) is 9.47 Å². The average molecular weight is 270 g/mol. The van der Waals surface area contributed by atoms with Gasteiger partial charge in [-0.2, -0.15) is 0 Å². The molecule has 0 aromatic heterocycles. The summed E-state index contributed by atoms with van der Waals surface area (Å²) in [6.07, 6.45) is 0.852. The summed E-state index contributed by atoms with van der Waals surface area (Å²) >= 11 is 0. The van der Waals surface area contributed by atoms with E-state index in [2.05, 4.69) is 5.09 Å². The van der Waals surface area contributed by atoms with Gasteiger partial charge in [-0.15, -0.1) is 0 Å². The minimum atomic E-state index is -3.02. The van der Waals surface area contributed by atoms with E-state index in [1.165, 1.54) is 0 Å². The SMILES string of the molecule is CCOC(=O)[C@@H](C)NP(=O)(CCCN)OP. The van der Waals surface area contributed by atoms with Crippen LogP contribution in [0.25, 0.3) is 0 Å². The molecule has 0 spiro atoms. The Bertz CT molecular complexity index is 262. The van der Waals surface area contributed by atoms with Crippen LogP contribution < -0.4 is 10.8 Å². The van der Waals surface area contributed by atoms with Crippen molar-refractivity contribution in [3.05, 3.63) is 0 Å². The van der Waals surface area contributed by atoms with Gasteiger partial charge < -0.3 is 14.8 Å². The lowest BCUT2D eigenvalue weighted by molar-refractivity contribution is -0.144. The van der Waals surface area contributed by atoms with Crippen molar-refractivity contribution in [1.82, 2.24) is 5.09 Å². The normalized spacial score (nSPS) is 16.5. The summed E-state index contributed by atoms with van der Waals surface area (Å²) < 4.78 is 21.7. The minimum absolute atomic E-state index is 0.288. The molecule has 0 saturated carbocycles. The number of ether oxygens (including phenoxy) is 1. The smallest absolute Gasteiger partial charge is 0.323 e. The van der Waals surface area contributed by atoms with Crippen LogP contribution in [0.4, 0.5) is 0 Å². The zero-order valence-corrected chi connectivity index (χ0v) is 11.7. The predicted molar refractivity (Wildman–Crippen MR) is 66.2 cm³/mol. The minimum Gasteiger partial charge on any atom is -0.465 e. The molecule has 2 unspecified atom stereocenters. The van der Waals surface area contributed by atoms with Crippen molar-refractivity contribution in [3.63, 3.8) is 0 Å². The van der Waals surface area contributed by atoms with Crippen molar-refractivity contribution in [3.8, 4) is 0 Å². The number of carbonyl (C=O) groups excluding carboxylic acids is 1. The summed E-state index contributed by atoms with van der Waals surface area (Å²) in [6, 6.07) is -0.663. The molecule has 6 nitrogen and oxygen atoms in total. The van der Waals surface area contributed by atoms with Crippen LogP contribution in [0.1, 0.15) is 20.3 Å². The fourth-order valence-electron chi connectivity index (χ4n) is 1.06. The molecule has 3 atom stereocenters. The number of rotatable bonds is 8. The quantitative estimate of drug-likeness (QED) is 0.502. The largest absolute Gasteiger partial charge is 0.465 e. The third-order valence-corrected chi connectivity index (χ3v) is 4.91. The first kappa shape index (κ1) is 16.0. The maximum atomic E-state index is 12.0. The second-order valence-electron chi connectivity index (χ2n) is 3.25.